The average Bonchev–Trinajstić information content (AvgIpc) is 3.15. The van der Waals surface area contributed by atoms with E-state index in [1.807, 2.05) is 13.8 Å². The molecule has 0 aromatic heterocycles. The van der Waals surface area contributed by atoms with Crippen molar-refractivity contribution in [3.8, 4) is 0 Å². The maximum atomic E-state index is 11.6. The molecule has 54 heavy (non-hydrogen) atoms. The number of hydrogen-bond donors (Lipinski definition) is 14. The van der Waals surface area contributed by atoms with Crippen molar-refractivity contribution in [2.45, 2.75) is 78.1 Å². The van der Waals surface area contributed by atoms with Gasteiger partial charge in [-0.2, -0.15) is 0 Å². The van der Waals surface area contributed by atoms with Gasteiger partial charge in [0.1, 0.15) is 0 Å². The van der Waals surface area contributed by atoms with Crippen LogP contribution in [0.15, 0.2) is 0 Å². The van der Waals surface area contributed by atoms with Crippen LogP contribution in [0.4, 0.5) is 33.6 Å². The van der Waals surface area contributed by atoms with E-state index in [0.717, 1.165) is 64.2 Å². The first kappa shape index (κ1) is 51.0. The van der Waals surface area contributed by atoms with Crippen LogP contribution in [0.2, 0.25) is 0 Å². The number of nitrogens with one attached hydrogen (secondary N) is 14. The van der Waals surface area contributed by atoms with Gasteiger partial charge in [0.05, 0.1) is 0 Å². The van der Waals surface area contributed by atoms with Crippen LogP contribution in [-0.2, 0) is 0 Å². The van der Waals surface area contributed by atoms with Gasteiger partial charge < -0.3 is 74.4 Å². The van der Waals surface area contributed by atoms with E-state index in [2.05, 4.69) is 74.4 Å². The van der Waals surface area contributed by atoms with Gasteiger partial charge in [0.2, 0.25) is 0 Å². The highest BCUT2D eigenvalue weighted by atomic mass is 16.2. The minimum absolute atomic E-state index is 0.163. The van der Waals surface area contributed by atoms with Crippen LogP contribution in [0.3, 0.4) is 0 Å². The molecule has 14 N–H and O–H groups in total. The largest absolute Gasteiger partial charge is 0.341 e. The molecule has 0 heterocycles. The van der Waals surface area contributed by atoms with Crippen molar-refractivity contribution < 1.29 is 33.6 Å². The lowest BCUT2D eigenvalue weighted by Crippen LogP contribution is -2.38. The summed E-state index contributed by atoms with van der Waals surface area (Å²) in [5, 5.41) is 37.6. The molecule has 0 atom stereocenters. The monoisotopic (exact) mass is 775 g/mol. The van der Waals surface area contributed by atoms with Crippen LogP contribution in [-0.4, -0.2) is 135 Å². The Hall–Kier alpha value is -5.11. The number of carbonyl (C=O) groups is 7. The molecule has 21 nitrogen and oxygen atoms in total. The number of unbranched alkanes of at least 4 members (excludes halogenated alkanes) is 5. The third-order valence-electron chi connectivity index (χ3n) is 7.00. The number of hydrogen-bond acceptors (Lipinski definition) is 7. The molecule has 0 rings (SSSR count). The molecular formula is C33H70N14O7. The van der Waals surface area contributed by atoms with E-state index in [9.17, 15) is 33.6 Å². The SMILES string of the molecule is CCNC(=O)NCCCCNC(=O)NCCCCNC(=O)NC.CCNC(=O)NCCCCNC(=O)NCCCCNC(=O)NCCCCNC(=O)NC. The maximum absolute atomic E-state index is 11.6. The van der Waals surface area contributed by atoms with Gasteiger partial charge >= 0.3 is 42.2 Å². The molecule has 0 unspecified atom stereocenters. The molecule has 0 aromatic carbocycles. The molecule has 0 aliphatic heterocycles. The van der Waals surface area contributed by atoms with Gasteiger partial charge in [-0.05, 0) is 78.1 Å². The fourth-order valence-corrected chi connectivity index (χ4v) is 4.08. The second-order valence-electron chi connectivity index (χ2n) is 11.7. The van der Waals surface area contributed by atoms with E-state index in [1.54, 1.807) is 14.1 Å². The normalized spacial score (nSPS) is 9.78. The van der Waals surface area contributed by atoms with Crippen molar-refractivity contribution in [2.75, 3.05) is 92.6 Å². The van der Waals surface area contributed by atoms with Gasteiger partial charge in [0.25, 0.3) is 0 Å². The van der Waals surface area contributed by atoms with E-state index in [4.69, 9.17) is 0 Å². The lowest BCUT2D eigenvalue weighted by atomic mass is 10.3. The average molecular weight is 775 g/mol. The molecule has 0 bridgehead atoms. The van der Waals surface area contributed by atoms with Gasteiger partial charge in [-0.15, -0.1) is 0 Å². The lowest BCUT2D eigenvalue weighted by molar-refractivity contribution is 0.238. The van der Waals surface area contributed by atoms with Crippen molar-refractivity contribution in [3.63, 3.8) is 0 Å². The van der Waals surface area contributed by atoms with Crippen molar-refractivity contribution >= 4 is 42.2 Å². The van der Waals surface area contributed by atoms with Crippen LogP contribution in [0.1, 0.15) is 78.1 Å². The van der Waals surface area contributed by atoms with E-state index in [-0.39, 0.29) is 42.2 Å². The lowest BCUT2D eigenvalue weighted by Gasteiger charge is -2.09. The smallest absolute Gasteiger partial charge is 0.314 e. The molecule has 0 aromatic rings. The second-order valence-corrected chi connectivity index (χ2v) is 11.7. The minimum Gasteiger partial charge on any atom is -0.341 e. The van der Waals surface area contributed by atoms with Gasteiger partial charge in [0.15, 0.2) is 0 Å². The van der Waals surface area contributed by atoms with Crippen molar-refractivity contribution in [1.29, 1.82) is 0 Å². The van der Waals surface area contributed by atoms with Crippen molar-refractivity contribution in [3.05, 3.63) is 0 Å². The zero-order valence-corrected chi connectivity index (χ0v) is 32.9. The molecule has 14 amide bonds. The molecule has 0 aliphatic carbocycles. The summed E-state index contributed by atoms with van der Waals surface area (Å²) in [6.07, 6.45) is 7.87. The Bertz CT molecular complexity index is 1020. The fraction of sp³-hybridized carbons (Fsp3) is 0.788. The quantitative estimate of drug-likeness (QED) is 0.0517. The standard InChI is InChI=1S/C19H40N8O4.C14H30N6O3/c1-3-21-17(29)23-11-6-7-13-25-19(31)27-15-9-8-14-26-18(30)24-12-5-4-10-22-16(28)20-2;1-3-16-13(22)18-9-6-7-11-20-14(23)19-10-5-4-8-17-12(21)15-2/h3-15H2,1-2H3,(H2,20,22,28)(H2,21,23,29)(H2,24,26,30)(H2,25,27,31);3-11H2,1-2H3,(H2,15,17,21)(H2,16,18,22)(H2,19,20,23). The third-order valence-corrected chi connectivity index (χ3v) is 7.00. The highest BCUT2D eigenvalue weighted by Gasteiger charge is 2.03. The molecule has 0 spiro atoms. The van der Waals surface area contributed by atoms with Gasteiger partial charge in [-0.1, -0.05) is 0 Å². The molecule has 314 valence electrons. The van der Waals surface area contributed by atoms with E-state index in [0.29, 0.717) is 78.5 Å². The zero-order valence-electron chi connectivity index (χ0n) is 32.9. The van der Waals surface area contributed by atoms with E-state index >= 15 is 0 Å². The molecule has 21 heteroatoms. The summed E-state index contributed by atoms with van der Waals surface area (Å²) in [5.41, 5.74) is 0. The number of carbonyl (C=O) groups excluding carboxylic acids is 7. The van der Waals surface area contributed by atoms with Gasteiger partial charge in [-0.25, -0.2) is 33.6 Å². The Morgan fingerprint density at radius 3 is 0.556 bits per heavy atom. The second kappa shape index (κ2) is 39.1. The predicted molar refractivity (Wildman–Crippen MR) is 209 cm³/mol. The van der Waals surface area contributed by atoms with E-state index in [1.165, 1.54) is 0 Å². The first-order valence-corrected chi connectivity index (χ1v) is 19.1. The molecule has 0 radical (unpaired) electrons. The summed E-state index contributed by atoms with van der Waals surface area (Å²) in [6.45, 7) is 10.5. The van der Waals surface area contributed by atoms with Gasteiger partial charge in [0, 0.05) is 92.6 Å². The molecular weight excluding hydrogens is 704 g/mol. The van der Waals surface area contributed by atoms with Crippen molar-refractivity contribution in [1.82, 2.24) is 74.4 Å². The summed E-state index contributed by atoms with van der Waals surface area (Å²) in [6, 6.07) is -1.37. The van der Waals surface area contributed by atoms with Gasteiger partial charge in [-0.3, -0.25) is 0 Å². The topological polar surface area (TPSA) is 288 Å². The summed E-state index contributed by atoms with van der Waals surface area (Å²) in [4.78, 5) is 78.9. The van der Waals surface area contributed by atoms with Crippen LogP contribution in [0.5, 0.6) is 0 Å². The van der Waals surface area contributed by atoms with Crippen LogP contribution >= 0.6 is 0 Å². The first-order valence-electron chi connectivity index (χ1n) is 19.1. The Balaban J connectivity index is 0. The molecule has 0 saturated heterocycles. The minimum atomic E-state index is -0.216. The number of rotatable bonds is 27. The Kier molecular flexibility index (Phi) is 36.9. The van der Waals surface area contributed by atoms with E-state index < -0.39 is 0 Å². The Morgan fingerprint density at radius 1 is 0.259 bits per heavy atom. The first-order chi connectivity index (χ1) is 26.1. The summed E-state index contributed by atoms with van der Waals surface area (Å²) < 4.78 is 0. The Labute approximate surface area is 320 Å². The van der Waals surface area contributed by atoms with Crippen LogP contribution < -0.4 is 74.4 Å². The van der Waals surface area contributed by atoms with Crippen LogP contribution in [0.25, 0.3) is 0 Å². The Morgan fingerprint density at radius 2 is 0.407 bits per heavy atom. The predicted octanol–water partition coefficient (Wildman–Crippen LogP) is 0.268. The molecule has 0 saturated carbocycles. The zero-order chi connectivity index (χ0) is 40.5. The highest BCUT2D eigenvalue weighted by Crippen LogP contribution is 1.89. The third kappa shape index (κ3) is 39.7. The maximum Gasteiger partial charge on any atom is 0.314 e. The summed E-state index contributed by atoms with van der Waals surface area (Å²) >= 11 is 0. The van der Waals surface area contributed by atoms with Crippen LogP contribution in [0, 0.1) is 0 Å². The molecule has 0 fully saturated rings. The van der Waals surface area contributed by atoms with Crippen molar-refractivity contribution in [2.24, 2.45) is 0 Å². The molecule has 0 aliphatic rings. The number of amides is 14. The summed E-state index contributed by atoms with van der Waals surface area (Å²) in [7, 11) is 3.13. The number of urea groups is 7. The fourth-order valence-electron chi connectivity index (χ4n) is 4.08. The summed E-state index contributed by atoms with van der Waals surface area (Å²) in [5.74, 6) is 0. The highest BCUT2D eigenvalue weighted by molar-refractivity contribution is 5.75.